The molecule has 2 amide bonds. The topological polar surface area (TPSA) is 98.3 Å². The molecule has 1 fully saturated rings. The number of benzene rings is 1. The van der Waals surface area contributed by atoms with Crippen LogP contribution in [0.15, 0.2) is 42.6 Å². The van der Waals surface area contributed by atoms with E-state index in [-0.39, 0.29) is 11.4 Å². The molecule has 1 spiro atoms. The lowest BCUT2D eigenvalue weighted by atomic mass is 9.82. The van der Waals surface area contributed by atoms with E-state index < -0.39 is 0 Å². The molecule has 1 atom stereocenters. The molecule has 2 aliphatic rings. The summed E-state index contributed by atoms with van der Waals surface area (Å²) in [6.07, 6.45) is 3.66. The van der Waals surface area contributed by atoms with E-state index in [1.807, 2.05) is 42.2 Å². The van der Waals surface area contributed by atoms with Gasteiger partial charge in [0.2, 0.25) is 0 Å². The molecule has 1 aromatic carbocycles. The lowest BCUT2D eigenvalue weighted by molar-refractivity contribution is 0.206. The first-order valence-corrected chi connectivity index (χ1v) is 11.6. The van der Waals surface area contributed by atoms with Crippen LogP contribution in [0.5, 0.6) is 5.75 Å². The van der Waals surface area contributed by atoms with Crippen molar-refractivity contribution in [3.05, 3.63) is 58.9 Å². The second kappa shape index (κ2) is 8.59. The molecule has 3 aromatic rings. The minimum absolute atomic E-state index is 0.00982. The molecular formula is C24H27ClN6O2. The van der Waals surface area contributed by atoms with Crippen molar-refractivity contribution >= 4 is 23.4 Å². The fourth-order valence-electron chi connectivity index (χ4n) is 4.81. The van der Waals surface area contributed by atoms with Crippen LogP contribution in [-0.2, 0) is 18.6 Å². The van der Waals surface area contributed by atoms with Gasteiger partial charge in [0.05, 0.1) is 5.69 Å². The van der Waals surface area contributed by atoms with E-state index in [0.717, 1.165) is 49.3 Å². The summed E-state index contributed by atoms with van der Waals surface area (Å²) in [5.74, 6) is 0.820. The number of hydrogen-bond acceptors (Lipinski definition) is 5. The zero-order valence-corrected chi connectivity index (χ0v) is 19.3. The molecule has 172 valence electrons. The lowest BCUT2D eigenvalue weighted by Crippen LogP contribution is -2.40. The number of nitrogens with two attached hydrogens (primary N) is 1. The summed E-state index contributed by atoms with van der Waals surface area (Å²) in [7, 11) is 0. The Balaban J connectivity index is 1.36. The van der Waals surface area contributed by atoms with Crippen molar-refractivity contribution in [2.75, 3.05) is 25.4 Å². The van der Waals surface area contributed by atoms with Crippen LogP contribution in [0.3, 0.4) is 0 Å². The number of ether oxygens (including phenoxy) is 1. The highest BCUT2D eigenvalue weighted by atomic mass is 35.5. The van der Waals surface area contributed by atoms with Crippen molar-refractivity contribution in [1.29, 1.82) is 0 Å². The predicted octanol–water partition coefficient (Wildman–Crippen LogP) is 3.84. The number of carbonyl (C=O) groups excluding carboxylic acids is 1. The number of rotatable bonds is 5. The van der Waals surface area contributed by atoms with Crippen LogP contribution < -0.4 is 15.8 Å². The molecule has 5 rings (SSSR count). The number of fused-ring (bicyclic) bond motifs is 2. The van der Waals surface area contributed by atoms with E-state index in [1.165, 1.54) is 5.69 Å². The number of likely N-dealkylation sites (tertiary alicyclic amines) is 1. The number of aryl methyl sites for hydroxylation is 1. The first-order valence-electron chi connectivity index (χ1n) is 11.2. The quantitative estimate of drug-likeness (QED) is 0.595. The van der Waals surface area contributed by atoms with E-state index in [1.54, 1.807) is 6.20 Å². The van der Waals surface area contributed by atoms with Crippen molar-refractivity contribution < 1.29 is 9.53 Å². The molecule has 1 unspecified atom stereocenters. The maximum Gasteiger partial charge on any atom is 0.317 e. The number of pyridine rings is 1. The summed E-state index contributed by atoms with van der Waals surface area (Å²) in [5.41, 5.74) is 9.76. The number of halogens is 1. The Hall–Kier alpha value is -3.26. The van der Waals surface area contributed by atoms with Gasteiger partial charge in [0.1, 0.15) is 6.61 Å². The van der Waals surface area contributed by atoms with E-state index in [0.29, 0.717) is 29.7 Å². The summed E-state index contributed by atoms with van der Waals surface area (Å²) >= 11 is 6.24. The molecular weight excluding hydrogens is 440 g/mol. The van der Waals surface area contributed by atoms with Gasteiger partial charge < -0.3 is 20.7 Å². The van der Waals surface area contributed by atoms with Crippen LogP contribution in [0.1, 0.15) is 31.0 Å². The Bertz CT molecular complexity index is 1200. The standard InChI is InChI=1S/C24H27ClN6O2/c1-2-27-23(32)30-9-7-24(15-30)8-10-31-21(24)12-19(29-31)17-11-20(22(26)28-13-17)33-14-16-5-3-4-6-18(16)25/h3-6,11-13H,2,7-10,14-15H2,1H3,(H2,26,28)(H,27,32). The number of amides is 2. The molecule has 2 aromatic heterocycles. The monoisotopic (exact) mass is 466 g/mol. The minimum atomic E-state index is -0.0407. The molecule has 4 heterocycles. The van der Waals surface area contributed by atoms with Gasteiger partial charge in [-0.3, -0.25) is 4.68 Å². The maximum atomic E-state index is 12.3. The van der Waals surface area contributed by atoms with Crippen molar-refractivity contribution in [2.24, 2.45) is 0 Å². The van der Waals surface area contributed by atoms with Gasteiger partial charge in [-0.2, -0.15) is 5.10 Å². The van der Waals surface area contributed by atoms with Crippen LogP contribution in [0.2, 0.25) is 5.02 Å². The second-order valence-corrected chi connectivity index (χ2v) is 9.07. The zero-order valence-electron chi connectivity index (χ0n) is 18.6. The third-order valence-corrected chi connectivity index (χ3v) is 6.98. The van der Waals surface area contributed by atoms with Crippen molar-refractivity contribution in [2.45, 2.75) is 38.3 Å². The number of aromatic nitrogens is 3. The number of nitrogens with zero attached hydrogens (tertiary/aromatic N) is 4. The molecule has 3 N–H and O–H groups in total. The van der Waals surface area contributed by atoms with Gasteiger partial charge in [-0.05, 0) is 38.0 Å². The molecule has 0 saturated carbocycles. The number of nitrogen functional groups attached to an aromatic ring is 1. The number of urea groups is 1. The number of hydrogen-bond donors (Lipinski definition) is 2. The van der Waals surface area contributed by atoms with Crippen LogP contribution in [0.4, 0.5) is 10.6 Å². The van der Waals surface area contributed by atoms with Crippen LogP contribution in [0.25, 0.3) is 11.3 Å². The largest absolute Gasteiger partial charge is 0.485 e. The van der Waals surface area contributed by atoms with E-state index in [9.17, 15) is 4.79 Å². The van der Waals surface area contributed by atoms with Gasteiger partial charge in [-0.15, -0.1) is 0 Å². The van der Waals surface area contributed by atoms with Crippen molar-refractivity contribution in [3.63, 3.8) is 0 Å². The molecule has 0 aliphatic carbocycles. The predicted molar refractivity (Wildman–Crippen MR) is 127 cm³/mol. The zero-order chi connectivity index (χ0) is 23.0. The van der Waals surface area contributed by atoms with E-state index in [4.69, 9.17) is 27.2 Å². The van der Waals surface area contributed by atoms with E-state index in [2.05, 4.69) is 21.0 Å². The molecule has 33 heavy (non-hydrogen) atoms. The van der Waals surface area contributed by atoms with Gasteiger partial charge in [-0.25, -0.2) is 9.78 Å². The van der Waals surface area contributed by atoms with Gasteiger partial charge >= 0.3 is 6.03 Å². The van der Waals surface area contributed by atoms with Crippen LogP contribution >= 0.6 is 11.6 Å². The van der Waals surface area contributed by atoms with Gasteiger partial charge in [0.15, 0.2) is 11.6 Å². The number of anilines is 1. The molecule has 8 nitrogen and oxygen atoms in total. The minimum Gasteiger partial charge on any atom is -0.485 e. The second-order valence-electron chi connectivity index (χ2n) is 8.66. The first kappa shape index (κ1) is 21.6. The number of carbonyl (C=O) groups is 1. The summed E-state index contributed by atoms with van der Waals surface area (Å²) in [6, 6.07) is 11.6. The molecule has 0 bridgehead atoms. The highest BCUT2D eigenvalue weighted by Gasteiger charge is 2.46. The Morgan fingerprint density at radius 1 is 1.27 bits per heavy atom. The highest BCUT2D eigenvalue weighted by Crippen LogP contribution is 2.44. The Morgan fingerprint density at radius 3 is 2.91 bits per heavy atom. The smallest absolute Gasteiger partial charge is 0.317 e. The third-order valence-electron chi connectivity index (χ3n) is 6.61. The van der Waals surface area contributed by atoms with Gasteiger partial charge in [0, 0.05) is 59.6 Å². The van der Waals surface area contributed by atoms with Crippen molar-refractivity contribution in [3.8, 4) is 17.0 Å². The summed E-state index contributed by atoms with van der Waals surface area (Å²) in [6.45, 7) is 5.19. The Kier molecular flexibility index (Phi) is 5.62. The van der Waals surface area contributed by atoms with E-state index >= 15 is 0 Å². The SMILES string of the molecule is CCNC(=O)N1CCC2(CCn3nc(-c4cnc(N)c(OCc5ccccc5Cl)c4)cc32)C1. The van der Waals surface area contributed by atoms with Crippen LogP contribution in [0, 0.1) is 0 Å². The Labute approximate surface area is 197 Å². The maximum absolute atomic E-state index is 12.3. The average Bonchev–Trinajstić information content (AvgIpc) is 3.51. The van der Waals surface area contributed by atoms with Gasteiger partial charge in [-0.1, -0.05) is 29.8 Å². The molecule has 9 heteroatoms. The fourth-order valence-corrected chi connectivity index (χ4v) is 5.00. The summed E-state index contributed by atoms with van der Waals surface area (Å²) in [5, 5.41) is 8.39. The summed E-state index contributed by atoms with van der Waals surface area (Å²) in [4.78, 5) is 18.6. The lowest BCUT2D eigenvalue weighted by Gasteiger charge is -2.23. The number of nitrogens with one attached hydrogen (secondary N) is 1. The average molecular weight is 467 g/mol. The fraction of sp³-hybridized carbons (Fsp3) is 0.375. The molecule has 2 aliphatic heterocycles. The van der Waals surface area contributed by atoms with Gasteiger partial charge in [0.25, 0.3) is 0 Å². The molecule has 1 saturated heterocycles. The third kappa shape index (κ3) is 3.99. The normalized spacial score (nSPS) is 19.2. The summed E-state index contributed by atoms with van der Waals surface area (Å²) < 4.78 is 8.01. The Morgan fingerprint density at radius 2 is 2.09 bits per heavy atom. The van der Waals surface area contributed by atoms with Crippen LogP contribution in [-0.4, -0.2) is 45.3 Å². The highest BCUT2D eigenvalue weighted by molar-refractivity contribution is 6.31. The van der Waals surface area contributed by atoms with Crippen molar-refractivity contribution in [1.82, 2.24) is 25.0 Å². The molecule has 0 radical (unpaired) electrons. The first-order chi connectivity index (χ1) is 16.0.